The Bertz CT molecular complexity index is 549. The minimum absolute atomic E-state index is 0.0825. The zero-order valence-electron chi connectivity index (χ0n) is 12.6. The van der Waals surface area contributed by atoms with Crippen LogP contribution < -0.4 is 5.32 Å². The lowest BCUT2D eigenvalue weighted by molar-refractivity contribution is -0.116. The summed E-state index contributed by atoms with van der Waals surface area (Å²) >= 11 is 0. The fourth-order valence-electron chi connectivity index (χ4n) is 2.31. The predicted octanol–water partition coefficient (Wildman–Crippen LogP) is 4.17. The molecule has 1 amide bonds. The van der Waals surface area contributed by atoms with E-state index >= 15 is 0 Å². The molecule has 0 bridgehead atoms. The molecule has 0 saturated heterocycles. The van der Waals surface area contributed by atoms with Gasteiger partial charge in [-0.25, -0.2) is 4.98 Å². The van der Waals surface area contributed by atoms with E-state index < -0.39 is 0 Å². The summed E-state index contributed by atoms with van der Waals surface area (Å²) in [4.78, 5) is 16.1. The average Bonchev–Trinajstić information content (AvgIpc) is 3.02. The summed E-state index contributed by atoms with van der Waals surface area (Å²) in [5.74, 6) is 0.0825. The number of carbonyl (C=O) groups excluding carboxylic acids is 1. The van der Waals surface area contributed by atoms with E-state index in [9.17, 15) is 4.79 Å². The monoisotopic (exact) mass is 285 g/mol. The molecule has 0 fully saturated rings. The Balaban J connectivity index is 1.89. The Kier molecular flexibility index (Phi) is 6.00. The van der Waals surface area contributed by atoms with E-state index in [4.69, 9.17) is 0 Å². The molecule has 0 saturated carbocycles. The molecule has 4 nitrogen and oxygen atoms in total. The molecule has 0 spiro atoms. The van der Waals surface area contributed by atoms with Crippen molar-refractivity contribution in [3.8, 4) is 5.69 Å². The Morgan fingerprint density at radius 3 is 2.76 bits per heavy atom. The van der Waals surface area contributed by atoms with Crippen molar-refractivity contribution < 1.29 is 4.79 Å². The molecule has 112 valence electrons. The van der Waals surface area contributed by atoms with Crippen molar-refractivity contribution in [2.24, 2.45) is 0 Å². The van der Waals surface area contributed by atoms with Crippen LogP contribution in [0.3, 0.4) is 0 Å². The maximum atomic E-state index is 12.0. The molecule has 0 atom stereocenters. The summed E-state index contributed by atoms with van der Waals surface area (Å²) in [6.07, 6.45) is 11.7. The maximum Gasteiger partial charge on any atom is 0.224 e. The number of benzene rings is 1. The first kappa shape index (κ1) is 15.3. The number of aromatic nitrogens is 2. The van der Waals surface area contributed by atoms with Crippen LogP contribution in [0.15, 0.2) is 43.0 Å². The second-order valence-electron chi connectivity index (χ2n) is 5.20. The van der Waals surface area contributed by atoms with Crippen LogP contribution in [0.5, 0.6) is 0 Å². The molecule has 0 aliphatic carbocycles. The number of hydrogen-bond acceptors (Lipinski definition) is 2. The van der Waals surface area contributed by atoms with Crippen LogP contribution >= 0.6 is 0 Å². The van der Waals surface area contributed by atoms with E-state index in [1.807, 2.05) is 35.0 Å². The van der Waals surface area contributed by atoms with Crippen molar-refractivity contribution in [2.45, 2.75) is 45.4 Å². The zero-order chi connectivity index (χ0) is 14.9. The molecule has 0 aliphatic heterocycles. The fourth-order valence-corrected chi connectivity index (χ4v) is 2.31. The molecule has 1 heterocycles. The molecule has 1 N–H and O–H groups in total. The van der Waals surface area contributed by atoms with E-state index in [1.165, 1.54) is 19.3 Å². The number of nitrogens with zero attached hydrogens (tertiary/aromatic N) is 2. The van der Waals surface area contributed by atoms with Gasteiger partial charge in [-0.3, -0.25) is 4.79 Å². The van der Waals surface area contributed by atoms with Gasteiger partial charge in [0.25, 0.3) is 0 Å². The van der Waals surface area contributed by atoms with E-state index in [2.05, 4.69) is 17.2 Å². The first-order valence-corrected chi connectivity index (χ1v) is 7.68. The number of imidazole rings is 1. The molecule has 2 rings (SSSR count). The SMILES string of the molecule is CCCCCCCC(=O)Nc1ccccc1-n1ccnc1. The summed E-state index contributed by atoms with van der Waals surface area (Å²) in [6.45, 7) is 2.19. The van der Waals surface area contributed by atoms with Gasteiger partial charge >= 0.3 is 0 Å². The summed E-state index contributed by atoms with van der Waals surface area (Å²) in [5, 5.41) is 3.00. The lowest BCUT2D eigenvalue weighted by Crippen LogP contribution is -2.13. The van der Waals surface area contributed by atoms with Crippen molar-refractivity contribution in [1.82, 2.24) is 9.55 Å². The molecular formula is C17H23N3O. The van der Waals surface area contributed by atoms with Crippen molar-refractivity contribution in [3.63, 3.8) is 0 Å². The molecule has 1 aromatic heterocycles. The highest BCUT2D eigenvalue weighted by Crippen LogP contribution is 2.20. The molecular weight excluding hydrogens is 262 g/mol. The standard InChI is InChI=1S/C17H23N3O/c1-2-3-4-5-6-11-17(21)19-15-9-7-8-10-16(15)20-13-12-18-14-20/h7-10,12-14H,2-6,11H2,1H3,(H,19,21). The highest BCUT2D eigenvalue weighted by atomic mass is 16.1. The summed E-state index contributed by atoms with van der Waals surface area (Å²) < 4.78 is 1.90. The lowest BCUT2D eigenvalue weighted by atomic mass is 10.1. The normalized spacial score (nSPS) is 10.5. The number of carbonyl (C=O) groups is 1. The van der Waals surface area contributed by atoms with Crippen LogP contribution in [0.25, 0.3) is 5.69 Å². The van der Waals surface area contributed by atoms with Crippen LogP contribution in [-0.4, -0.2) is 15.5 Å². The van der Waals surface area contributed by atoms with Gasteiger partial charge in [0.2, 0.25) is 5.91 Å². The first-order valence-electron chi connectivity index (χ1n) is 7.68. The van der Waals surface area contributed by atoms with E-state index in [0.29, 0.717) is 6.42 Å². The Morgan fingerprint density at radius 1 is 1.19 bits per heavy atom. The largest absolute Gasteiger partial charge is 0.324 e. The van der Waals surface area contributed by atoms with Crippen LogP contribution in [0.4, 0.5) is 5.69 Å². The number of amides is 1. The molecule has 0 aliphatic rings. The van der Waals surface area contributed by atoms with E-state index in [0.717, 1.165) is 24.2 Å². The van der Waals surface area contributed by atoms with Gasteiger partial charge in [0.15, 0.2) is 0 Å². The Hall–Kier alpha value is -2.10. The zero-order valence-corrected chi connectivity index (χ0v) is 12.6. The second-order valence-corrected chi connectivity index (χ2v) is 5.20. The third kappa shape index (κ3) is 4.74. The summed E-state index contributed by atoms with van der Waals surface area (Å²) in [5.41, 5.74) is 1.77. The minimum Gasteiger partial charge on any atom is -0.324 e. The van der Waals surface area contributed by atoms with Crippen LogP contribution in [0, 0.1) is 0 Å². The quantitative estimate of drug-likeness (QED) is 0.740. The number of para-hydroxylation sites is 2. The first-order chi connectivity index (χ1) is 10.3. The van der Waals surface area contributed by atoms with Gasteiger partial charge in [-0.2, -0.15) is 0 Å². The molecule has 2 aromatic rings. The number of nitrogens with one attached hydrogen (secondary N) is 1. The van der Waals surface area contributed by atoms with Crippen LogP contribution in [-0.2, 0) is 4.79 Å². The van der Waals surface area contributed by atoms with Gasteiger partial charge in [-0.05, 0) is 18.6 Å². The molecule has 0 radical (unpaired) electrons. The van der Waals surface area contributed by atoms with Gasteiger partial charge in [-0.15, -0.1) is 0 Å². The third-order valence-electron chi connectivity index (χ3n) is 3.47. The van der Waals surface area contributed by atoms with Crippen molar-refractivity contribution in [1.29, 1.82) is 0 Å². The number of anilines is 1. The van der Waals surface area contributed by atoms with E-state index in [-0.39, 0.29) is 5.91 Å². The van der Waals surface area contributed by atoms with Gasteiger partial charge in [-0.1, -0.05) is 44.7 Å². The van der Waals surface area contributed by atoms with Crippen molar-refractivity contribution >= 4 is 11.6 Å². The lowest BCUT2D eigenvalue weighted by Gasteiger charge is -2.11. The highest BCUT2D eigenvalue weighted by molar-refractivity contribution is 5.92. The van der Waals surface area contributed by atoms with Crippen LogP contribution in [0.1, 0.15) is 45.4 Å². The highest BCUT2D eigenvalue weighted by Gasteiger charge is 2.07. The van der Waals surface area contributed by atoms with Crippen molar-refractivity contribution in [2.75, 3.05) is 5.32 Å². The number of rotatable bonds is 8. The summed E-state index contributed by atoms with van der Waals surface area (Å²) in [6, 6.07) is 7.77. The van der Waals surface area contributed by atoms with E-state index in [1.54, 1.807) is 12.5 Å². The van der Waals surface area contributed by atoms with Crippen LogP contribution in [0.2, 0.25) is 0 Å². The topological polar surface area (TPSA) is 46.9 Å². The average molecular weight is 285 g/mol. The van der Waals surface area contributed by atoms with Gasteiger partial charge in [0, 0.05) is 18.8 Å². The third-order valence-corrected chi connectivity index (χ3v) is 3.47. The second kappa shape index (κ2) is 8.25. The molecule has 1 aromatic carbocycles. The van der Waals surface area contributed by atoms with Gasteiger partial charge in [0.05, 0.1) is 17.7 Å². The molecule has 4 heteroatoms. The van der Waals surface area contributed by atoms with Gasteiger partial charge in [0.1, 0.15) is 0 Å². The number of unbranched alkanes of at least 4 members (excludes halogenated alkanes) is 4. The molecule has 0 unspecified atom stereocenters. The minimum atomic E-state index is 0.0825. The maximum absolute atomic E-state index is 12.0. The Labute approximate surface area is 126 Å². The summed E-state index contributed by atoms with van der Waals surface area (Å²) in [7, 11) is 0. The smallest absolute Gasteiger partial charge is 0.224 e. The van der Waals surface area contributed by atoms with Crippen molar-refractivity contribution in [3.05, 3.63) is 43.0 Å². The molecule has 21 heavy (non-hydrogen) atoms. The predicted molar refractivity (Wildman–Crippen MR) is 85.6 cm³/mol. The number of hydrogen-bond donors (Lipinski definition) is 1. The van der Waals surface area contributed by atoms with Gasteiger partial charge < -0.3 is 9.88 Å². The Morgan fingerprint density at radius 2 is 2.00 bits per heavy atom. The fraction of sp³-hybridized carbons (Fsp3) is 0.412.